The van der Waals surface area contributed by atoms with Gasteiger partial charge in [0, 0.05) is 11.1 Å². The molecule has 0 atom stereocenters. The maximum atomic E-state index is 13.2. The van der Waals surface area contributed by atoms with E-state index in [1.165, 1.54) is 13.2 Å². The van der Waals surface area contributed by atoms with E-state index in [4.69, 9.17) is 15.0 Å². The van der Waals surface area contributed by atoms with Gasteiger partial charge in [0.05, 0.1) is 7.11 Å². The van der Waals surface area contributed by atoms with Gasteiger partial charge in [0.15, 0.2) is 23.1 Å². The van der Waals surface area contributed by atoms with Gasteiger partial charge in [-0.1, -0.05) is 5.16 Å². The first-order valence-electron chi connectivity index (χ1n) is 4.69. The van der Waals surface area contributed by atoms with Gasteiger partial charge in [0.25, 0.3) is 0 Å². The molecular formula is C11H11FN2O2. The minimum atomic E-state index is -0.420. The maximum absolute atomic E-state index is 13.2. The number of nitrogens with zero attached hydrogens (tertiary/aromatic N) is 1. The largest absolute Gasteiger partial charge is 0.494 e. The Bertz CT molecular complexity index is 523. The van der Waals surface area contributed by atoms with Crippen LogP contribution in [0.3, 0.4) is 0 Å². The summed E-state index contributed by atoms with van der Waals surface area (Å²) in [7, 11) is 1.41. The molecule has 84 valence electrons. The van der Waals surface area contributed by atoms with Gasteiger partial charge >= 0.3 is 0 Å². The van der Waals surface area contributed by atoms with E-state index in [0.29, 0.717) is 17.1 Å². The van der Waals surface area contributed by atoms with Gasteiger partial charge < -0.3 is 15.0 Å². The minimum absolute atomic E-state index is 0.159. The summed E-state index contributed by atoms with van der Waals surface area (Å²) in [5, 5.41) is 3.64. The Morgan fingerprint density at radius 2 is 2.19 bits per heavy atom. The molecule has 0 radical (unpaired) electrons. The zero-order valence-corrected chi connectivity index (χ0v) is 8.95. The van der Waals surface area contributed by atoms with Crippen LogP contribution in [0.2, 0.25) is 0 Å². The lowest BCUT2D eigenvalue weighted by Gasteiger charge is -2.03. The molecule has 2 rings (SSSR count). The second-order valence-corrected chi connectivity index (χ2v) is 3.37. The Balaban J connectivity index is 2.52. The van der Waals surface area contributed by atoms with Crippen LogP contribution in [0.15, 0.2) is 22.7 Å². The minimum Gasteiger partial charge on any atom is -0.494 e. The van der Waals surface area contributed by atoms with E-state index in [0.717, 1.165) is 5.56 Å². The van der Waals surface area contributed by atoms with Crippen molar-refractivity contribution in [3.63, 3.8) is 0 Å². The zero-order valence-electron chi connectivity index (χ0n) is 8.95. The molecule has 0 saturated heterocycles. The molecule has 0 aliphatic rings. The first-order chi connectivity index (χ1) is 7.63. The van der Waals surface area contributed by atoms with Crippen LogP contribution in [-0.2, 0) is 0 Å². The van der Waals surface area contributed by atoms with Gasteiger partial charge in [-0.2, -0.15) is 0 Å². The van der Waals surface area contributed by atoms with Crippen molar-refractivity contribution < 1.29 is 13.7 Å². The predicted octanol–water partition coefficient (Wildman–Crippen LogP) is 2.38. The van der Waals surface area contributed by atoms with Crippen LogP contribution in [0.4, 0.5) is 10.2 Å². The van der Waals surface area contributed by atoms with Crippen molar-refractivity contribution in [3.8, 4) is 17.1 Å². The molecule has 1 aromatic heterocycles. The van der Waals surface area contributed by atoms with Crippen LogP contribution < -0.4 is 10.5 Å². The summed E-state index contributed by atoms with van der Waals surface area (Å²) < 4.78 is 23.1. The average molecular weight is 222 g/mol. The number of nitrogens with two attached hydrogens (primary N) is 1. The van der Waals surface area contributed by atoms with Crippen LogP contribution in [-0.4, -0.2) is 12.3 Å². The molecule has 0 aliphatic heterocycles. The summed E-state index contributed by atoms with van der Waals surface area (Å²) in [4.78, 5) is 0. The molecule has 0 aliphatic carbocycles. The highest BCUT2D eigenvalue weighted by Crippen LogP contribution is 2.30. The van der Waals surface area contributed by atoms with E-state index in [1.807, 2.05) is 0 Å². The van der Waals surface area contributed by atoms with Crippen molar-refractivity contribution in [2.24, 2.45) is 0 Å². The Morgan fingerprint density at radius 3 is 2.75 bits per heavy atom. The molecule has 0 amide bonds. The number of benzene rings is 1. The fourth-order valence-electron chi connectivity index (χ4n) is 1.42. The number of hydrogen-bond acceptors (Lipinski definition) is 4. The third kappa shape index (κ3) is 1.60. The number of nitrogen functional groups attached to an aromatic ring is 1. The number of aromatic nitrogens is 1. The summed E-state index contributed by atoms with van der Waals surface area (Å²) in [6, 6.07) is 4.44. The number of methoxy groups -OCH3 is 1. The number of rotatable bonds is 2. The van der Waals surface area contributed by atoms with Crippen LogP contribution in [0.1, 0.15) is 5.56 Å². The van der Waals surface area contributed by atoms with Crippen LogP contribution >= 0.6 is 0 Å². The Kier molecular flexibility index (Phi) is 2.52. The van der Waals surface area contributed by atoms with Gasteiger partial charge in [-0.3, -0.25) is 0 Å². The third-order valence-corrected chi connectivity index (χ3v) is 2.37. The lowest BCUT2D eigenvalue weighted by atomic mass is 10.1. The monoisotopic (exact) mass is 222 g/mol. The predicted molar refractivity (Wildman–Crippen MR) is 57.6 cm³/mol. The van der Waals surface area contributed by atoms with Crippen molar-refractivity contribution in [3.05, 3.63) is 29.6 Å². The highest BCUT2D eigenvalue weighted by atomic mass is 19.1. The Morgan fingerprint density at radius 1 is 1.44 bits per heavy atom. The molecule has 16 heavy (non-hydrogen) atoms. The maximum Gasteiger partial charge on any atom is 0.172 e. The van der Waals surface area contributed by atoms with E-state index < -0.39 is 5.82 Å². The molecule has 2 N–H and O–H groups in total. The first kappa shape index (κ1) is 10.5. The summed E-state index contributed by atoms with van der Waals surface area (Å²) in [5.41, 5.74) is 6.98. The van der Waals surface area contributed by atoms with Gasteiger partial charge in [-0.25, -0.2) is 4.39 Å². The molecular weight excluding hydrogens is 211 g/mol. The lowest BCUT2D eigenvalue weighted by Crippen LogP contribution is -1.89. The molecule has 0 saturated carbocycles. The number of halogens is 1. The van der Waals surface area contributed by atoms with Crippen molar-refractivity contribution >= 4 is 5.82 Å². The Labute approximate surface area is 91.8 Å². The van der Waals surface area contributed by atoms with E-state index >= 15 is 0 Å². The zero-order chi connectivity index (χ0) is 11.7. The average Bonchev–Trinajstić information content (AvgIpc) is 2.61. The summed E-state index contributed by atoms with van der Waals surface area (Å²) >= 11 is 0. The quantitative estimate of drug-likeness (QED) is 0.847. The van der Waals surface area contributed by atoms with E-state index in [9.17, 15) is 4.39 Å². The standard InChI is InChI=1S/C11H11FN2O2/c1-6-10(16-14-11(6)13)7-3-4-8(12)9(5-7)15-2/h3-5H,1-2H3,(H2,13,14). The normalized spacial score (nSPS) is 10.4. The fourth-order valence-corrected chi connectivity index (χ4v) is 1.42. The Hall–Kier alpha value is -2.04. The lowest BCUT2D eigenvalue weighted by molar-refractivity contribution is 0.386. The second-order valence-electron chi connectivity index (χ2n) is 3.37. The first-order valence-corrected chi connectivity index (χ1v) is 4.69. The van der Waals surface area contributed by atoms with Crippen molar-refractivity contribution in [1.82, 2.24) is 5.16 Å². The molecule has 1 heterocycles. The summed E-state index contributed by atoms with van der Waals surface area (Å²) in [5.74, 6) is 0.595. The SMILES string of the molecule is COc1cc(-c2onc(N)c2C)ccc1F. The van der Waals surface area contributed by atoms with Crippen molar-refractivity contribution in [1.29, 1.82) is 0 Å². The number of ether oxygens (including phenoxy) is 1. The van der Waals surface area contributed by atoms with E-state index in [-0.39, 0.29) is 5.75 Å². The van der Waals surface area contributed by atoms with Crippen LogP contribution in [0.25, 0.3) is 11.3 Å². The fraction of sp³-hybridized carbons (Fsp3) is 0.182. The molecule has 0 bridgehead atoms. The van der Waals surface area contributed by atoms with E-state index in [2.05, 4.69) is 5.16 Å². The summed E-state index contributed by atoms with van der Waals surface area (Å²) in [6.45, 7) is 1.79. The molecule has 0 fully saturated rings. The van der Waals surface area contributed by atoms with Crippen molar-refractivity contribution in [2.45, 2.75) is 6.92 Å². The van der Waals surface area contributed by atoms with Gasteiger partial charge in [0.2, 0.25) is 0 Å². The summed E-state index contributed by atoms with van der Waals surface area (Å²) in [6.07, 6.45) is 0. The van der Waals surface area contributed by atoms with Crippen LogP contribution in [0, 0.1) is 12.7 Å². The second kappa shape index (κ2) is 3.84. The molecule has 4 nitrogen and oxygen atoms in total. The molecule has 0 unspecified atom stereocenters. The topological polar surface area (TPSA) is 61.3 Å². The molecule has 0 spiro atoms. The van der Waals surface area contributed by atoms with Gasteiger partial charge in [-0.05, 0) is 25.1 Å². The highest BCUT2D eigenvalue weighted by molar-refractivity contribution is 5.66. The van der Waals surface area contributed by atoms with Crippen molar-refractivity contribution in [2.75, 3.05) is 12.8 Å². The third-order valence-electron chi connectivity index (χ3n) is 2.37. The van der Waals surface area contributed by atoms with Gasteiger partial charge in [-0.15, -0.1) is 0 Å². The number of anilines is 1. The highest BCUT2D eigenvalue weighted by Gasteiger charge is 2.13. The van der Waals surface area contributed by atoms with Crippen LogP contribution in [0.5, 0.6) is 5.75 Å². The molecule has 2 aromatic rings. The van der Waals surface area contributed by atoms with Gasteiger partial charge in [0.1, 0.15) is 0 Å². The molecule has 5 heteroatoms. The number of hydrogen-bond donors (Lipinski definition) is 1. The smallest absolute Gasteiger partial charge is 0.172 e. The van der Waals surface area contributed by atoms with E-state index in [1.54, 1.807) is 19.1 Å². The molecule has 1 aromatic carbocycles.